The zero-order chi connectivity index (χ0) is 22.1. The first-order valence-electron chi connectivity index (χ1n) is 10.5. The molecule has 1 heterocycles. The molecule has 1 saturated carbocycles. The van der Waals surface area contributed by atoms with E-state index < -0.39 is 21.5 Å². The van der Waals surface area contributed by atoms with Gasteiger partial charge in [-0.25, -0.2) is 8.42 Å². The van der Waals surface area contributed by atoms with Crippen molar-refractivity contribution in [3.63, 3.8) is 0 Å². The van der Waals surface area contributed by atoms with E-state index in [1.165, 1.54) is 19.2 Å². The van der Waals surface area contributed by atoms with Crippen molar-refractivity contribution >= 4 is 32.9 Å². The van der Waals surface area contributed by atoms with Crippen LogP contribution in [0.2, 0.25) is 0 Å². The average Bonchev–Trinajstić information content (AvgIpc) is 2.72. The van der Waals surface area contributed by atoms with Gasteiger partial charge < -0.3 is 9.64 Å². The van der Waals surface area contributed by atoms with Crippen LogP contribution >= 0.6 is 0 Å². The molecule has 7 nitrogen and oxygen atoms in total. The van der Waals surface area contributed by atoms with Gasteiger partial charge in [0, 0.05) is 31.7 Å². The van der Waals surface area contributed by atoms with Crippen LogP contribution in [0.4, 0.5) is 5.69 Å². The lowest BCUT2D eigenvalue weighted by atomic mass is 9.75. The molecule has 2 aliphatic rings. The fourth-order valence-corrected chi connectivity index (χ4v) is 5.39. The number of piperidine rings is 1. The molecule has 2 fully saturated rings. The molecule has 3 rings (SSSR count). The summed E-state index contributed by atoms with van der Waals surface area (Å²) in [4.78, 5) is 40.7. The van der Waals surface area contributed by atoms with E-state index in [0.717, 1.165) is 25.5 Å². The van der Waals surface area contributed by atoms with E-state index in [4.69, 9.17) is 4.74 Å². The number of Topliss-reactive ketones (excluding diaryl/α,β-unsaturated/α-hetero) is 3. The summed E-state index contributed by atoms with van der Waals surface area (Å²) < 4.78 is 30.5. The molecule has 1 aliphatic carbocycles. The SMILES string of the molecule is CCC1CCC(=O)C(C(=O)c2ccc(S(C)(=O)=O)c(N3CCCCC3)c2OC)C1=O. The van der Waals surface area contributed by atoms with E-state index in [1.807, 2.05) is 11.8 Å². The highest BCUT2D eigenvalue weighted by atomic mass is 32.2. The Labute approximate surface area is 177 Å². The molecule has 0 radical (unpaired) electrons. The second kappa shape index (κ2) is 8.88. The van der Waals surface area contributed by atoms with E-state index in [0.29, 0.717) is 31.6 Å². The van der Waals surface area contributed by atoms with Crippen molar-refractivity contribution in [3.05, 3.63) is 17.7 Å². The molecule has 2 unspecified atom stereocenters. The van der Waals surface area contributed by atoms with Crippen molar-refractivity contribution in [1.29, 1.82) is 0 Å². The first kappa shape index (κ1) is 22.5. The zero-order valence-electron chi connectivity index (χ0n) is 17.8. The lowest BCUT2D eigenvalue weighted by Gasteiger charge is -2.32. The fraction of sp³-hybridized carbons (Fsp3) is 0.591. The highest BCUT2D eigenvalue weighted by Crippen LogP contribution is 2.41. The monoisotopic (exact) mass is 435 g/mol. The van der Waals surface area contributed by atoms with Crippen molar-refractivity contribution < 1.29 is 27.5 Å². The van der Waals surface area contributed by atoms with Crippen molar-refractivity contribution in [2.24, 2.45) is 11.8 Å². The highest BCUT2D eigenvalue weighted by molar-refractivity contribution is 7.90. The number of benzene rings is 1. The molecule has 0 spiro atoms. The summed E-state index contributed by atoms with van der Waals surface area (Å²) in [7, 11) is -2.20. The van der Waals surface area contributed by atoms with Gasteiger partial charge in [0.2, 0.25) is 0 Å². The molecule has 0 N–H and O–H groups in total. The molecular weight excluding hydrogens is 406 g/mol. The standard InChI is InChI=1S/C22H29NO6S/c1-4-14-8-10-16(24)18(20(14)25)21(26)15-9-11-17(30(3,27)28)19(22(15)29-2)23-12-6-5-7-13-23/h9,11,14,18H,4-8,10,12-13H2,1-3H3. The van der Waals surface area contributed by atoms with Gasteiger partial charge in [0.15, 0.2) is 32.9 Å². The Morgan fingerprint density at radius 1 is 1.17 bits per heavy atom. The van der Waals surface area contributed by atoms with Gasteiger partial charge in [-0.15, -0.1) is 0 Å². The van der Waals surface area contributed by atoms with Crippen LogP contribution in [0.3, 0.4) is 0 Å². The molecule has 1 saturated heterocycles. The van der Waals surface area contributed by atoms with Gasteiger partial charge in [-0.05, 0) is 44.2 Å². The van der Waals surface area contributed by atoms with Gasteiger partial charge in [-0.1, -0.05) is 6.92 Å². The second-order valence-electron chi connectivity index (χ2n) is 8.12. The predicted octanol–water partition coefficient (Wildman–Crippen LogP) is 2.85. The number of carbonyl (C=O) groups excluding carboxylic acids is 3. The Morgan fingerprint density at radius 2 is 1.83 bits per heavy atom. The lowest BCUT2D eigenvalue weighted by molar-refractivity contribution is -0.136. The number of ketones is 3. The molecule has 0 aromatic heterocycles. The van der Waals surface area contributed by atoms with E-state index in [1.54, 1.807) is 0 Å². The lowest BCUT2D eigenvalue weighted by Crippen LogP contribution is -2.40. The fourth-order valence-electron chi connectivity index (χ4n) is 4.50. The highest BCUT2D eigenvalue weighted by Gasteiger charge is 2.42. The number of rotatable bonds is 6. The summed E-state index contributed by atoms with van der Waals surface area (Å²) in [6, 6.07) is 2.77. The molecule has 1 aromatic rings. The minimum atomic E-state index is -3.58. The Hall–Kier alpha value is -2.22. The van der Waals surface area contributed by atoms with Gasteiger partial charge in [0.25, 0.3) is 0 Å². The third-order valence-electron chi connectivity index (χ3n) is 6.14. The summed E-state index contributed by atoms with van der Waals surface area (Å²) in [5.41, 5.74) is 0.447. The van der Waals surface area contributed by atoms with Crippen molar-refractivity contribution in [3.8, 4) is 5.75 Å². The van der Waals surface area contributed by atoms with Crippen molar-refractivity contribution in [1.82, 2.24) is 0 Å². The largest absolute Gasteiger partial charge is 0.494 e. The van der Waals surface area contributed by atoms with Gasteiger partial charge in [-0.3, -0.25) is 14.4 Å². The molecular formula is C22H29NO6S. The second-order valence-corrected chi connectivity index (χ2v) is 10.1. The Kier molecular flexibility index (Phi) is 6.65. The molecule has 2 atom stereocenters. The van der Waals surface area contributed by atoms with Crippen LogP contribution in [-0.4, -0.2) is 52.2 Å². The maximum atomic E-state index is 13.4. The number of ether oxygens (including phenoxy) is 1. The predicted molar refractivity (Wildman–Crippen MR) is 113 cm³/mol. The third kappa shape index (κ3) is 4.15. The minimum Gasteiger partial charge on any atom is -0.494 e. The number of carbonyl (C=O) groups is 3. The molecule has 1 aliphatic heterocycles. The smallest absolute Gasteiger partial charge is 0.184 e. The van der Waals surface area contributed by atoms with Gasteiger partial charge in [0.1, 0.15) is 5.92 Å². The summed E-state index contributed by atoms with van der Waals surface area (Å²) in [6.45, 7) is 3.17. The Balaban J connectivity index is 2.14. The van der Waals surface area contributed by atoms with Crippen LogP contribution in [0.5, 0.6) is 5.75 Å². The van der Waals surface area contributed by atoms with Crippen LogP contribution in [0.25, 0.3) is 0 Å². The molecule has 8 heteroatoms. The number of hydrogen-bond donors (Lipinski definition) is 0. The Morgan fingerprint density at radius 3 is 2.40 bits per heavy atom. The Bertz CT molecular complexity index is 962. The molecule has 164 valence electrons. The first-order valence-corrected chi connectivity index (χ1v) is 12.4. The number of hydrogen-bond acceptors (Lipinski definition) is 7. The number of methoxy groups -OCH3 is 1. The minimum absolute atomic E-state index is 0.0885. The van der Waals surface area contributed by atoms with Crippen LogP contribution in [0.1, 0.15) is 55.8 Å². The molecule has 1 aromatic carbocycles. The van der Waals surface area contributed by atoms with Gasteiger partial charge in [-0.2, -0.15) is 0 Å². The van der Waals surface area contributed by atoms with Gasteiger partial charge >= 0.3 is 0 Å². The summed E-state index contributed by atoms with van der Waals surface area (Å²) in [5, 5.41) is 0. The number of anilines is 1. The summed E-state index contributed by atoms with van der Waals surface area (Å²) in [6.07, 6.45) is 5.24. The van der Waals surface area contributed by atoms with Crippen molar-refractivity contribution in [2.45, 2.75) is 50.3 Å². The van der Waals surface area contributed by atoms with Crippen LogP contribution < -0.4 is 9.64 Å². The van der Waals surface area contributed by atoms with Crippen molar-refractivity contribution in [2.75, 3.05) is 31.4 Å². The maximum Gasteiger partial charge on any atom is 0.184 e. The van der Waals surface area contributed by atoms with E-state index >= 15 is 0 Å². The zero-order valence-corrected chi connectivity index (χ0v) is 18.6. The van der Waals surface area contributed by atoms with Crippen LogP contribution in [0, 0.1) is 11.8 Å². The number of nitrogens with zero attached hydrogens (tertiary/aromatic N) is 1. The van der Waals surface area contributed by atoms with E-state index in [9.17, 15) is 22.8 Å². The van der Waals surface area contributed by atoms with Crippen LogP contribution in [-0.2, 0) is 19.4 Å². The van der Waals surface area contributed by atoms with E-state index in [2.05, 4.69) is 0 Å². The molecule has 0 bridgehead atoms. The summed E-state index contributed by atoms with van der Waals surface area (Å²) >= 11 is 0. The topological polar surface area (TPSA) is 97.8 Å². The maximum absolute atomic E-state index is 13.4. The van der Waals surface area contributed by atoms with Crippen LogP contribution in [0.15, 0.2) is 17.0 Å². The van der Waals surface area contributed by atoms with E-state index in [-0.39, 0.29) is 40.1 Å². The molecule has 0 amide bonds. The third-order valence-corrected chi connectivity index (χ3v) is 7.27. The number of sulfone groups is 1. The summed E-state index contributed by atoms with van der Waals surface area (Å²) in [5.74, 6) is -2.83. The quantitative estimate of drug-likeness (QED) is 0.500. The average molecular weight is 436 g/mol. The first-order chi connectivity index (χ1) is 14.2. The normalized spacial score (nSPS) is 22.8. The molecule has 30 heavy (non-hydrogen) atoms. The van der Waals surface area contributed by atoms with Gasteiger partial charge in [0.05, 0.1) is 23.3 Å².